The van der Waals surface area contributed by atoms with Crippen molar-refractivity contribution in [1.29, 1.82) is 0 Å². The highest BCUT2D eigenvalue weighted by Gasteiger charge is 2.29. The predicted molar refractivity (Wildman–Crippen MR) is 53.2 cm³/mol. The first-order valence-electron chi connectivity index (χ1n) is 4.62. The van der Waals surface area contributed by atoms with Crippen molar-refractivity contribution in [3.8, 4) is 5.88 Å². The minimum absolute atomic E-state index is 0.233. The van der Waals surface area contributed by atoms with E-state index in [9.17, 15) is 0 Å². The standard InChI is InChI=1S/C9H12ClN3O/c10-8-4-12-5-9(13-8)14-7-1-6(2-7)3-11/h4-7H,1-3,11H2. The number of nitrogens with zero attached hydrogens (tertiary/aromatic N) is 2. The lowest BCUT2D eigenvalue weighted by molar-refractivity contribution is 0.0645. The summed E-state index contributed by atoms with van der Waals surface area (Å²) in [4.78, 5) is 7.89. The van der Waals surface area contributed by atoms with E-state index in [1.54, 1.807) is 6.20 Å². The van der Waals surface area contributed by atoms with Crippen LogP contribution in [0, 0.1) is 5.92 Å². The van der Waals surface area contributed by atoms with Gasteiger partial charge in [0, 0.05) is 0 Å². The summed E-state index contributed by atoms with van der Waals surface area (Å²) in [5.41, 5.74) is 5.51. The third kappa shape index (κ3) is 2.13. The number of ether oxygens (including phenoxy) is 1. The van der Waals surface area contributed by atoms with Crippen LogP contribution in [0.25, 0.3) is 0 Å². The third-order valence-electron chi connectivity index (χ3n) is 2.40. The first-order valence-corrected chi connectivity index (χ1v) is 5.00. The summed E-state index contributed by atoms with van der Waals surface area (Å²) >= 11 is 5.67. The Morgan fingerprint density at radius 3 is 2.93 bits per heavy atom. The van der Waals surface area contributed by atoms with Gasteiger partial charge in [-0.15, -0.1) is 0 Å². The van der Waals surface area contributed by atoms with Crippen LogP contribution in [0.3, 0.4) is 0 Å². The number of aromatic nitrogens is 2. The summed E-state index contributed by atoms with van der Waals surface area (Å²) in [6.45, 7) is 0.737. The number of rotatable bonds is 3. The predicted octanol–water partition coefficient (Wildman–Crippen LogP) is 1.25. The minimum atomic E-state index is 0.233. The fourth-order valence-corrected chi connectivity index (χ4v) is 1.66. The van der Waals surface area contributed by atoms with Crippen molar-refractivity contribution in [2.75, 3.05) is 6.54 Å². The van der Waals surface area contributed by atoms with Crippen LogP contribution >= 0.6 is 11.6 Å². The Morgan fingerprint density at radius 2 is 2.29 bits per heavy atom. The zero-order chi connectivity index (χ0) is 9.97. The monoisotopic (exact) mass is 213 g/mol. The molecule has 1 fully saturated rings. The Balaban J connectivity index is 1.87. The number of halogens is 1. The lowest BCUT2D eigenvalue weighted by Gasteiger charge is -2.33. The van der Waals surface area contributed by atoms with E-state index in [0.717, 1.165) is 19.4 Å². The molecule has 1 aromatic heterocycles. The third-order valence-corrected chi connectivity index (χ3v) is 2.58. The molecule has 4 nitrogen and oxygen atoms in total. The zero-order valence-corrected chi connectivity index (χ0v) is 8.44. The first kappa shape index (κ1) is 9.68. The van der Waals surface area contributed by atoms with Crippen molar-refractivity contribution < 1.29 is 4.74 Å². The van der Waals surface area contributed by atoms with Gasteiger partial charge in [-0.25, -0.2) is 0 Å². The van der Waals surface area contributed by atoms with Gasteiger partial charge >= 0.3 is 0 Å². The molecule has 0 radical (unpaired) electrons. The molecule has 0 aromatic carbocycles. The van der Waals surface area contributed by atoms with Crippen molar-refractivity contribution in [3.63, 3.8) is 0 Å². The molecular weight excluding hydrogens is 202 g/mol. The van der Waals surface area contributed by atoms with Crippen LogP contribution in [0.4, 0.5) is 0 Å². The normalized spacial score (nSPS) is 25.6. The van der Waals surface area contributed by atoms with E-state index in [1.165, 1.54) is 6.20 Å². The molecule has 76 valence electrons. The van der Waals surface area contributed by atoms with E-state index in [4.69, 9.17) is 22.1 Å². The van der Waals surface area contributed by atoms with Crippen LogP contribution in [-0.2, 0) is 0 Å². The molecule has 2 N–H and O–H groups in total. The highest BCUT2D eigenvalue weighted by molar-refractivity contribution is 6.29. The fraction of sp³-hybridized carbons (Fsp3) is 0.556. The molecule has 1 aromatic rings. The molecule has 2 rings (SSSR count). The Bertz CT molecular complexity index is 315. The second-order valence-corrected chi connectivity index (χ2v) is 3.88. The highest BCUT2D eigenvalue weighted by atomic mass is 35.5. The molecule has 1 aliphatic rings. The van der Waals surface area contributed by atoms with Crippen molar-refractivity contribution in [3.05, 3.63) is 17.5 Å². The van der Waals surface area contributed by atoms with Crippen LogP contribution < -0.4 is 10.5 Å². The fourth-order valence-electron chi connectivity index (χ4n) is 1.52. The molecule has 0 atom stereocenters. The van der Waals surface area contributed by atoms with E-state index in [1.807, 2.05) is 0 Å². The molecule has 14 heavy (non-hydrogen) atoms. The Morgan fingerprint density at radius 1 is 1.50 bits per heavy atom. The van der Waals surface area contributed by atoms with Crippen LogP contribution in [0.1, 0.15) is 12.8 Å². The maximum Gasteiger partial charge on any atom is 0.234 e. The second kappa shape index (κ2) is 4.11. The molecule has 5 heteroatoms. The molecule has 0 unspecified atom stereocenters. The summed E-state index contributed by atoms with van der Waals surface area (Å²) in [6, 6.07) is 0. The number of nitrogens with two attached hydrogens (primary N) is 1. The summed E-state index contributed by atoms with van der Waals surface area (Å²) < 4.78 is 5.55. The van der Waals surface area contributed by atoms with E-state index in [2.05, 4.69) is 9.97 Å². The van der Waals surface area contributed by atoms with Gasteiger partial charge in [-0.2, -0.15) is 4.98 Å². The topological polar surface area (TPSA) is 61.0 Å². The van der Waals surface area contributed by atoms with Gasteiger partial charge in [-0.1, -0.05) is 11.6 Å². The highest BCUT2D eigenvalue weighted by Crippen LogP contribution is 2.29. The Labute approximate surface area is 87.4 Å². The van der Waals surface area contributed by atoms with Crippen LogP contribution in [0.5, 0.6) is 5.88 Å². The molecule has 1 aliphatic carbocycles. The van der Waals surface area contributed by atoms with Crippen LogP contribution in [0.2, 0.25) is 5.15 Å². The summed E-state index contributed by atoms with van der Waals surface area (Å²) in [6.07, 6.45) is 5.30. The van der Waals surface area contributed by atoms with Crippen molar-refractivity contribution in [1.82, 2.24) is 9.97 Å². The van der Waals surface area contributed by atoms with E-state index < -0.39 is 0 Å². The SMILES string of the molecule is NCC1CC(Oc2cncc(Cl)n2)C1. The number of hydrogen-bond donors (Lipinski definition) is 1. The summed E-state index contributed by atoms with van der Waals surface area (Å²) in [7, 11) is 0. The average molecular weight is 214 g/mol. The van der Waals surface area contributed by atoms with Crippen molar-refractivity contribution in [2.45, 2.75) is 18.9 Å². The molecular formula is C9H12ClN3O. The van der Waals surface area contributed by atoms with Gasteiger partial charge in [-0.05, 0) is 25.3 Å². The van der Waals surface area contributed by atoms with Crippen LogP contribution in [0.15, 0.2) is 12.4 Å². The Hall–Kier alpha value is -0.870. The van der Waals surface area contributed by atoms with Gasteiger partial charge in [-0.3, -0.25) is 4.98 Å². The van der Waals surface area contributed by atoms with Crippen LogP contribution in [-0.4, -0.2) is 22.6 Å². The molecule has 0 amide bonds. The molecule has 1 saturated carbocycles. The zero-order valence-electron chi connectivity index (χ0n) is 7.69. The second-order valence-electron chi connectivity index (χ2n) is 3.49. The minimum Gasteiger partial charge on any atom is -0.473 e. The molecule has 1 heterocycles. The van der Waals surface area contributed by atoms with Gasteiger partial charge in [0.05, 0.1) is 12.4 Å². The van der Waals surface area contributed by atoms with E-state index in [-0.39, 0.29) is 6.10 Å². The summed E-state index contributed by atoms with van der Waals surface area (Å²) in [5.74, 6) is 1.10. The molecule has 0 aliphatic heterocycles. The van der Waals surface area contributed by atoms with E-state index >= 15 is 0 Å². The van der Waals surface area contributed by atoms with Gasteiger partial charge < -0.3 is 10.5 Å². The maximum absolute atomic E-state index is 5.67. The molecule has 0 spiro atoms. The van der Waals surface area contributed by atoms with Gasteiger partial charge in [0.15, 0.2) is 5.15 Å². The van der Waals surface area contributed by atoms with Gasteiger partial charge in [0.25, 0.3) is 0 Å². The average Bonchev–Trinajstić information content (AvgIpc) is 2.10. The van der Waals surface area contributed by atoms with Crippen molar-refractivity contribution >= 4 is 11.6 Å². The largest absolute Gasteiger partial charge is 0.473 e. The maximum atomic E-state index is 5.67. The van der Waals surface area contributed by atoms with Crippen molar-refractivity contribution in [2.24, 2.45) is 11.7 Å². The summed E-state index contributed by atoms with van der Waals surface area (Å²) in [5, 5.41) is 0.359. The smallest absolute Gasteiger partial charge is 0.234 e. The number of hydrogen-bond acceptors (Lipinski definition) is 4. The first-order chi connectivity index (χ1) is 6.78. The Kier molecular flexibility index (Phi) is 2.84. The quantitative estimate of drug-likeness (QED) is 0.821. The van der Waals surface area contributed by atoms with Gasteiger partial charge in [0.1, 0.15) is 6.10 Å². The molecule has 0 saturated heterocycles. The van der Waals surface area contributed by atoms with Gasteiger partial charge in [0.2, 0.25) is 5.88 Å². The van der Waals surface area contributed by atoms with E-state index in [0.29, 0.717) is 17.0 Å². The lowest BCUT2D eigenvalue weighted by Crippen LogP contribution is -2.37. The lowest BCUT2D eigenvalue weighted by atomic mass is 9.82. The molecule has 0 bridgehead atoms.